The van der Waals surface area contributed by atoms with Crippen molar-refractivity contribution in [2.75, 3.05) is 26.2 Å². The van der Waals surface area contributed by atoms with Crippen LogP contribution in [-0.2, 0) is 14.3 Å². The molecule has 18 heavy (non-hydrogen) atoms. The first-order valence-electron chi connectivity index (χ1n) is 6.62. The predicted molar refractivity (Wildman–Crippen MR) is 66.0 cm³/mol. The summed E-state index contributed by atoms with van der Waals surface area (Å²) in [5, 5.41) is 8.79. The number of carbonyl (C=O) groups excluding carboxylic acids is 2. The van der Waals surface area contributed by atoms with Crippen LogP contribution in [0.5, 0.6) is 0 Å². The first-order valence-corrected chi connectivity index (χ1v) is 6.62. The summed E-state index contributed by atoms with van der Waals surface area (Å²) in [5.41, 5.74) is 0. The smallest absolute Gasteiger partial charge is 0.222 e. The maximum atomic E-state index is 11.6. The second kappa shape index (κ2) is 6.70. The molecular formula is C12H21N3O3. The van der Waals surface area contributed by atoms with Crippen LogP contribution in [0.15, 0.2) is 0 Å². The molecule has 0 aromatic carbocycles. The van der Waals surface area contributed by atoms with Crippen molar-refractivity contribution >= 4 is 11.8 Å². The Bertz CT molecular complexity index is 303. The summed E-state index contributed by atoms with van der Waals surface area (Å²) in [6.45, 7) is 2.99. The molecule has 2 aliphatic heterocycles. The highest BCUT2D eigenvalue weighted by Gasteiger charge is 2.22. The summed E-state index contributed by atoms with van der Waals surface area (Å²) < 4.78 is 5.66. The summed E-state index contributed by atoms with van der Waals surface area (Å²) in [7, 11) is 0. The molecule has 3 N–H and O–H groups in total. The van der Waals surface area contributed by atoms with E-state index in [1.165, 1.54) is 0 Å². The molecule has 0 radical (unpaired) electrons. The molecule has 6 heteroatoms. The lowest BCUT2D eigenvalue weighted by molar-refractivity contribution is -0.123. The van der Waals surface area contributed by atoms with Crippen LogP contribution in [0.2, 0.25) is 0 Å². The minimum Gasteiger partial charge on any atom is -0.378 e. The van der Waals surface area contributed by atoms with Crippen LogP contribution in [-0.4, -0.2) is 50.2 Å². The van der Waals surface area contributed by atoms with Crippen molar-refractivity contribution in [3.8, 4) is 0 Å². The third kappa shape index (κ3) is 4.27. The Hall–Kier alpha value is -1.14. The monoisotopic (exact) mass is 255 g/mol. The summed E-state index contributed by atoms with van der Waals surface area (Å²) in [6, 6.07) is -0.0520. The molecule has 2 rings (SSSR count). The number of rotatable bonds is 5. The molecule has 0 aliphatic carbocycles. The van der Waals surface area contributed by atoms with Gasteiger partial charge in [-0.1, -0.05) is 0 Å². The molecule has 2 amide bonds. The van der Waals surface area contributed by atoms with Crippen molar-refractivity contribution in [2.45, 2.75) is 37.8 Å². The molecule has 0 spiro atoms. The molecular weight excluding hydrogens is 234 g/mol. The predicted octanol–water partition coefficient (Wildman–Crippen LogP) is -0.850. The van der Waals surface area contributed by atoms with Crippen molar-refractivity contribution in [2.24, 2.45) is 0 Å². The lowest BCUT2D eigenvalue weighted by atomic mass is 10.1. The normalized spacial score (nSPS) is 24.9. The zero-order valence-corrected chi connectivity index (χ0v) is 10.5. The van der Waals surface area contributed by atoms with Gasteiger partial charge in [-0.3, -0.25) is 9.59 Å². The van der Waals surface area contributed by atoms with E-state index >= 15 is 0 Å². The van der Waals surface area contributed by atoms with Gasteiger partial charge >= 0.3 is 0 Å². The van der Waals surface area contributed by atoms with E-state index in [0.29, 0.717) is 26.0 Å². The fraction of sp³-hybridized carbons (Fsp3) is 0.833. The third-order valence-electron chi connectivity index (χ3n) is 3.31. The molecule has 0 aromatic heterocycles. The van der Waals surface area contributed by atoms with E-state index in [-0.39, 0.29) is 24.0 Å². The van der Waals surface area contributed by atoms with E-state index in [0.717, 1.165) is 25.9 Å². The standard InChI is InChI=1S/C12H21N3O3/c16-11(15-9-7-12(17)14-8-9)3-6-18-10-1-4-13-5-2-10/h9-10,13H,1-8H2,(H,14,17)(H,15,16). The summed E-state index contributed by atoms with van der Waals surface area (Å²) >= 11 is 0. The van der Waals surface area contributed by atoms with Gasteiger partial charge < -0.3 is 20.7 Å². The third-order valence-corrected chi connectivity index (χ3v) is 3.31. The maximum absolute atomic E-state index is 11.6. The van der Waals surface area contributed by atoms with Gasteiger partial charge in [0.1, 0.15) is 0 Å². The van der Waals surface area contributed by atoms with E-state index in [1.54, 1.807) is 0 Å². The van der Waals surface area contributed by atoms with Crippen LogP contribution in [0, 0.1) is 0 Å². The average Bonchev–Trinajstić information content (AvgIpc) is 2.76. The highest BCUT2D eigenvalue weighted by Crippen LogP contribution is 2.07. The van der Waals surface area contributed by atoms with Gasteiger partial charge in [-0.25, -0.2) is 0 Å². The number of ether oxygens (including phenoxy) is 1. The van der Waals surface area contributed by atoms with Gasteiger partial charge in [-0.15, -0.1) is 0 Å². The molecule has 1 unspecified atom stereocenters. The molecule has 2 fully saturated rings. The Labute approximate surface area is 107 Å². The fourth-order valence-corrected chi connectivity index (χ4v) is 2.29. The van der Waals surface area contributed by atoms with Crippen molar-refractivity contribution < 1.29 is 14.3 Å². The summed E-state index contributed by atoms with van der Waals surface area (Å²) in [6.07, 6.45) is 3.08. The van der Waals surface area contributed by atoms with Gasteiger partial charge in [0.05, 0.1) is 18.8 Å². The maximum Gasteiger partial charge on any atom is 0.222 e. The van der Waals surface area contributed by atoms with E-state index in [9.17, 15) is 9.59 Å². The molecule has 0 bridgehead atoms. The molecule has 2 saturated heterocycles. The average molecular weight is 255 g/mol. The van der Waals surface area contributed by atoms with Crippen LogP contribution in [0.3, 0.4) is 0 Å². The Kier molecular flexibility index (Phi) is 4.95. The quantitative estimate of drug-likeness (QED) is 0.598. The molecule has 102 valence electrons. The SMILES string of the molecule is O=C1CC(NC(=O)CCOC2CCNCC2)CN1. The van der Waals surface area contributed by atoms with Gasteiger partial charge in [0.15, 0.2) is 0 Å². The Balaban J connectivity index is 1.55. The van der Waals surface area contributed by atoms with E-state index in [1.807, 2.05) is 0 Å². The van der Waals surface area contributed by atoms with Crippen LogP contribution in [0.1, 0.15) is 25.7 Å². The van der Waals surface area contributed by atoms with Crippen molar-refractivity contribution in [1.29, 1.82) is 0 Å². The lowest BCUT2D eigenvalue weighted by Crippen LogP contribution is -2.37. The minimum atomic E-state index is -0.0520. The summed E-state index contributed by atoms with van der Waals surface area (Å²) in [4.78, 5) is 22.6. The topological polar surface area (TPSA) is 79.5 Å². The van der Waals surface area contributed by atoms with Gasteiger partial charge in [0.25, 0.3) is 0 Å². The lowest BCUT2D eigenvalue weighted by Gasteiger charge is -2.22. The number of amides is 2. The van der Waals surface area contributed by atoms with Gasteiger partial charge in [0.2, 0.25) is 11.8 Å². The molecule has 2 heterocycles. The van der Waals surface area contributed by atoms with Crippen molar-refractivity contribution in [3.63, 3.8) is 0 Å². The molecule has 0 saturated carbocycles. The van der Waals surface area contributed by atoms with Crippen molar-refractivity contribution in [3.05, 3.63) is 0 Å². The molecule has 2 aliphatic rings. The van der Waals surface area contributed by atoms with Crippen LogP contribution >= 0.6 is 0 Å². The highest BCUT2D eigenvalue weighted by molar-refractivity contribution is 5.82. The summed E-state index contributed by atoms with van der Waals surface area (Å²) in [5.74, 6) is -0.0308. The fourth-order valence-electron chi connectivity index (χ4n) is 2.29. The zero-order chi connectivity index (χ0) is 12.8. The molecule has 0 aromatic rings. The van der Waals surface area contributed by atoms with Gasteiger partial charge in [-0.2, -0.15) is 0 Å². The Morgan fingerprint density at radius 1 is 1.39 bits per heavy atom. The first-order chi connectivity index (χ1) is 8.74. The van der Waals surface area contributed by atoms with E-state index in [2.05, 4.69) is 16.0 Å². The van der Waals surface area contributed by atoms with E-state index in [4.69, 9.17) is 4.74 Å². The number of piperidine rings is 1. The Morgan fingerprint density at radius 3 is 2.83 bits per heavy atom. The van der Waals surface area contributed by atoms with Crippen LogP contribution in [0.4, 0.5) is 0 Å². The van der Waals surface area contributed by atoms with Crippen LogP contribution < -0.4 is 16.0 Å². The number of hydrogen-bond donors (Lipinski definition) is 3. The molecule has 6 nitrogen and oxygen atoms in total. The zero-order valence-electron chi connectivity index (χ0n) is 10.5. The largest absolute Gasteiger partial charge is 0.378 e. The highest BCUT2D eigenvalue weighted by atomic mass is 16.5. The minimum absolute atomic E-state index is 0.00579. The van der Waals surface area contributed by atoms with Gasteiger partial charge in [-0.05, 0) is 25.9 Å². The second-order valence-electron chi connectivity index (χ2n) is 4.84. The number of hydrogen-bond acceptors (Lipinski definition) is 4. The van der Waals surface area contributed by atoms with E-state index < -0.39 is 0 Å². The molecule has 1 atom stereocenters. The van der Waals surface area contributed by atoms with Crippen molar-refractivity contribution in [1.82, 2.24) is 16.0 Å². The van der Waals surface area contributed by atoms with Crippen LogP contribution in [0.25, 0.3) is 0 Å². The Morgan fingerprint density at radius 2 is 2.17 bits per heavy atom. The number of nitrogens with one attached hydrogen (secondary N) is 3. The second-order valence-corrected chi connectivity index (χ2v) is 4.84. The first kappa shape index (κ1) is 13.3. The number of carbonyl (C=O) groups is 2. The van der Waals surface area contributed by atoms with Gasteiger partial charge in [0, 0.05) is 19.4 Å².